The number of carbonyl (C=O) groups is 1. The normalized spacial score (nSPS) is 10.7. The van der Waals surface area contributed by atoms with Crippen LogP contribution in [-0.4, -0.2) is 12.5 Å². The number of benzene rings is 2. The Bertz CT molecular complexity index is 701. The fraction of sp³-hybridized carbons (Fsp3) is 0.118. The van der Waals surface area contributed by atoms with Crippen molar-refractivity contribution in [2.24, 2.45) is 0 Å². The second-order valence-electron chi connectivity index (χ2n) is 4.39. The molecule has 2 aromatic carbocycles. The van der Waals surface area contributed by atoms with E-state index in [0.29, 0.717) is 12.4 Å². The van der Waals surface area contributed by atoms with Crippen LogP contribution in [0, 0.1) is 5.82 Å². The number of carbonyl (C=O) groups excluding carboxylic acids is 1. The number of ether oxygens (including phenoxy) is 1. The van der Waals surface area contributed by atoms with Crippen molar-refractivity contribution in [3.63, 3.8) is 0 Å². The molecule has 3 nitrogen and oxygen atoms in total. The zero-order chi connectivity index (χ0) is 15.9. The van der Waals surface area contributed by atoms with Gasteiger partial charge in [-0.05, 0) is 31.2 Å². The first-order valence-corrected chi connectivity index (χ1v) is 7.14. The first-order chi connectivity index (χ1) is 10.6. The number of nitrogens with one attached hydrogen (secondary N) is 1. The Morgan fingerprint density at radius 3 is 2.82 bits per heavy atom. The van der Waals surface area contributed by atoms with E-state index in [0.717, 1.165) is 5.56 Å². The molecule has 0 aromatic heterocycles. The number of hydrogen-bond donors (Lipinski definition) is 1. The lowest BCUT2D eigenvalue weighted by atomic mass is 10.2. The van der Waals surface area contributed by atoms with Crippen molar-refractivity contribution >= 4 is 29.3 Å². The molecule has 5 heteroatoms. The first kappa shape index (κ1) is 16.0. The van der Waals surface area contributed by atoms with Crippen molar-refractivity contribution in [2.45, 2.75) is 6.92 Å². The minimum absolute atomic E-state index is 0.0385. The molecule has 0 aliphatic rings. The molecule has 114 valence electrons. The molecule has 1 N–H and O–H groups in total. The lowest BCUT2D eigenvalue weighted by molar-refractivity contribution is -0.111. The topological polar surface area (TPSA) is 38.3 Å². The molecule has 0 aliphatic heterocycles. The summed E-state index contributed by atoms with van der Waals surface area (Å²) in [4.78, 5) is 11.9. The first-order valence-electron chi connectivity index (χ1n) is 6.76. The van der Waals surface area contributed by atoms with E-state index < -0.39 is 11.7 Å². The van der Waals surface area contributed by atoms with Crippen LogP contribution < -0.4 is 10.1 Å². The van der Waals surface area contributed by atoms with Crippen LogP contribution in [0.25, 0.3) is 6.08 Å². The second-order valence-corrected chi connectivity index (χ2v) is 4.80. The van der Waals surface area contributed by atoms with Crippen LogP contribution in [0.4, 0.5) is 10.1 Å². The predicted molar refractivity (Wildman–Crippen MR) is 86.7 cm³/mol. The quantitative estimate of drug-likeness (QED) is 0.822. The van der Waals surface area contributed by atoms with E-state index in [1.165, 1.54) is 18.2 Å². The number of anilines is 1. The largest absolute Gasteiger partial charge is 0.493 e. The SMILES string of the molecule is CCOc1ccccc1/C=C/C(=O)Nc1cccc(Cl)c1F. The van der Waals surface area contributed by atoms with Crippen LogP contribution in [0.15, 0.2) is 48.5 Å². The number of halogens is 2. The van der Waals surface area contributed by atoms with Gasteiger partial charge in [-0.25, -0.2) is 4.39 Å². The minimum Gasteiger partial charge on any atom is -0.493 e. The molecule has 0 fully saturated rings. The summed E-state index contributed by atoms with van der Waals surface area (Å²) in [7, 11) is 0. The van der Waals surface area contributed by atoms with Crippen molar-refractivity contribution in [3.05, 3.63) is 64.9 Å². The van der Waals surface area contributed by atoms with E-state index in [4.69, 9.17) is 16.3 Å². The maximum absolute atomic E-state index is 13.7. The molecule has 0 aliphatic carbocycles. The van der Waals surface area contributed by atoms with Gasteiger partial charge in [0.25, 0.3) is 0 Å². The Balaban J connectivity index is 2.10. The van der Waals surface area contributed by atoms with Gasteiger partial charge in [0.05, 0.1) is 17.3 Å². The van der Waals surface area contributed by atoms with E-state index in [9.17, 15) is 9.18 Å². The molecular formula is C17H15ClFNO2. The van der Waals surface area contributed by atoms with Crippen LogP contribution in [0.2, 0.25) is 5.02 Å². The van der Waals surface area contributed by atoms with Gasteiger partial charge in [0.2, 0.25) is 5.91 Å². The fourth-order valence-corrected chi connectivity index (χ4v) is 2.02. The molecule has 0 spiro atoms. The molecule has 0 atom stereocenters. The molecule has 0 heterocycles. The van der Waals surface area contributed by atoms with Gasteiger partial charge in [-0.2, -0.15) is 0 Å². The summed E-state index contributed by atoms with van der Waals surface area (Å²) < 4.78 is 19.2. The number of rotatable bonds is 5. The van der Waals surface area contributed by atoms with E-state index >= 15 is 0 Å². The van der Waals surface area contributed by atoms with Crippen molar-refractivity contribution in [1.82, 2.24) is 0 Å². The summed E-state index contributed by atoms with van der Waals surface area (Å²) in [5.41, 5.74) is 0.811. The molecule has 0 unspecified atom stereocenters. The highest BCUT2D eigenvalue weighted by molar-refractivity contribution is 6.31. The van der Waals surface area contributed by atoms with E-state index in [2.05, 4.69) is 5.32 Å². The number of amides is 1. The van der Waals surface area contributed by atoms with Crippen molar-refractivity contribution < 1.29 is 13.9 Å². The summed E-state index contributed by atoms with van der Waals surface area (Å²) in [6, 6.07) is 11.8. The highest BCUT2D eigenvalue weighted by Crippen LogP contribution is 2.22. The summed E-state index contributed by atoms with van der Waals surface area (Å²) >= 11 is 5.66. The Hall–Kier alpha value is -2.33. The molecular weight excluding hydrogens is 305 g/mol. The van der Waals surface area contributed by atoms with Crippen LogP contribution >= 0.6 is 11.6 Å². The van der Waals surface area contributed by atoms with Gasteiger partial charge in [0.15, 0.2) is 5.82 Å². The summed E-state index contributed by atoms with van der Waals surface area (Å²) in [5.74, 6) is -0.420. The van der Waals surface area contributed by atoms with Gasteiger partial charge in [0.1, 0.15) is 5.75 Å². The average Bonchev–Trinajstić information content (AvgIpc) is 2.51. The van der Waals surface area contributed by atoms with Crippen LogP contribution in [0.5, 0.6) is 5.75 Å². The molecule has 0 radical (unpaired) electrons. The average molecular weight is 320 g/mol. The van der Waals surface area contributed by atoms with Gasteiger partial charge >= 0.3 is 0 Å². The zero-order valence-corrected chi connectivity index (χ0v) is 12.7. The van der Waals surface area contributed by atoms with Crippen molar-refractivity contribution in [2.75, 3.05) is 11.9 Å². The molecule has 0 saturated carbocycles. The third kappa shape index (κ3) is 4.09. The van der Waals surface area contributed by atoms with Gasteiger partial charge < -0.3 is 10.1 Å². The lowest BCUT2D eigenvalue weighted by Crippen LogP contribution is -2.09. The van der Waals surface area contributed by atoms with Gasteiger partial charge in [-0.15, -0.1) is 0 Å². The van der Waals surface area contributed by atoms with Gasteiger partial charge in [-0.3, -0.25) is 4.79 Å². The maximum atomic E-state index is 13.7. The Morgan fingerprint density at radius 2 is 2.05 bits per heavy atom. The molecule has 1 amide bonds. The Kier molecular flexibility index (Phi) is 5.55. The molecule has 0 bridgehead atoms. The number of para-hydroxylation sites is 1. The smallest absolute Gasteiger partial charge is 0.248 e. The molecule has 0 saturated heterocycles. The zero-order valence-electron chi connectivity index (χ0n) is 12.0. The van der Waals surface area contributed by atoms with Crippen molar-refractivity contribution in [3.8, 4) is 5.75 Å². The predicted octanol–water partition coefficient (Wildman–Crippen LogP) is 4.53. The van der Waals surface area contributed by atoms with Crippen LogP contribution in [0.1, 0.15) is 12.5 Å². The summed E-state index contributed by atoms with van der Waals surface area (Å²) in [5, 5.41) is 2.41. The third-order valence-electron chi connectivity index (χ3n) is 2.84. The lowest BCUT2D eigenvalue weighted by Gasteiger charge is -2.07. The molecule has 22 heavy (non-hydrogen) atoms. The third-order valence-corrected chi connectivity index (χ3v) is 3.13. The van der Waals surface area contributed by atoms with E-state index in [1.54, 1.807) is 12.1 Å². The van der Waals surface area contributed by atoms with Crippen LogP contribution in [-0.2, 0) is 4.79 Å². The monoisotopic (exact) mass is 319 g/mol. The highest BCUT2D eigenvalue weighted by Gasteiger charge is 2.08. The Labute approximate surface area is 133 Å². The maximum Gasteiger partial charge on any atom is 0.248 e. The standard InChI is InChI=1S/C17H15ClFNO2/c1-2-22-15-9-4-3-6-12(15)10-11-16(21)20-14-8-5-7-13(18)17(14)19/h3-11H,2H2,1H3,(H,20,21)/b11-10+. The summed E-state index contributed by atoms with van der Waals surface area (Å²) in [6.45, 7) is 2.42. The highest BCUT2D eigenvalue weighted by atomic mass is 35.5. The van der Waals surface area contributed by atoms with E-state index in [1.807, 2.05) is 31.2 Å². The Morgan fingerprint density at radius 1 is 1.27 bits per heavy atom. The van der Waals surface area contributed by atoms with Gasteiger partial charge in [0, 0.05) is 11.6 Å². The molecule has 2 aromatic rings. The fourth-order valence-electron chi connectivity index (χ4n) is 1.85. The molecule has 2 rings (SSSR count). The number of hydrogen-bond acceptors (Lipinski definition) is 2. The van der Waals surface area contributed by atoms with E-state index in [-0.39, 0.29) is 10.7 Å². The minimum atomic E-state index is -0.652. The van der Waals surface area contributed by atoms with Crippen molar-refractivity contribution in [1.29, 1.82) is 0 Å². The van der Waals surface area contributed by atoms with Gasteiger partial charge in [-0.1, -0.05) is 35.9 Å². The second kappa shape index (κ2) is 7.61. The van der Waals surface area contributed by atoms with Crippen LogP contribution in [0.3, 0.4) is 0 Å². The summed E-state index contributed by atoms with van der Waals surface area (Å²) in [6.07, 6.45) is 2.93.